The summed E-state index contributed by atoms with van der Waals surface area (Å²) in [6, 6.07) is 21.9. The monoisotopic (exact) mass is 484 g/mol. The number of hydrogen-bond donors (Lipinski definition) is 1. The van der Waals surface area contributed by atoms with Gasteiger partial charge in [-0.3, -0.25) is 19.5 Å². The van der Waals surface area contributed by atoms with E-state index in [1.165, 1.54) is 6.07 Å². The molecule has 0 amide bonds. The Labute approximate surface area is 209 Å². The summed E-state index contributed by atoms with van der Waals surface area (Å²) in [7, 11) is 0. The summed E-state index contributed by atoms with van der Waals surface area (Å²) in [4.78, 5) is 22.0. The molecule has 7 nitrogen and oxygen atoms in total. The van der Waals surface area contributed by atoms with Crippen LogP contribution in [0.3, 0.4) is 0 Å². The number of piperazine rings is 1. The standard InChI is InChI=1S/C28H29FN6O/c1-21-23(28(36)35-15-8-7-13-26(35)30-21)14-16-33-17-19-34(20-18-33)27(24-11-5-6-12-25(24)29)32-31-22-9-3-2-4-10-22/h2-13,15,31H,14,16-20H2,1H3. The number of benzene rings is 2. The van der Waals surface area contributed by atoms with Gasteiger partial charge in [0.2, 0.25) is 0 Å². The van der Waals surface area contributed by atoms with Crippen LogP contribution in [0.25, 0.3) is 5.65 Å². The Balaban J connectivity index is 1.28. The Morgan fingerprint density at radius 3 is 2.47 bits per heavy atom. The number of nitrogens with one attached hydrogen (secondary N) is 1. The second kappa shape index (κ2) is 10.7. The van der Waals surface area contributed by atoms with Crippen LogP contribution in [0.2, 0.25) is 0 Å². The average Bonchev–Trinajstić information content (AvgIpc) is 2.91. The summed E-state index contributed by atoms with van der Waals surface area (Å²) in [5.41, 5.74) is 6.59. The van der Waals surface area contributed by atoms with Crippen molar-refractivity contribution in [3.05, 3.63) is 112 Å². The highest BCUT2D eigenvalue weighted by Crippen LogP contribution is 2.15. The highest BCUT2D eigenvalue weighted by atomic mass is 19.1. The van der Waals surface area contributed by atoms with Gasteiger partial charge in [-0.05, 0) is 49.7 Å². The SMILES string of the molecule is Cc1nc2ccccn2c(=O)c1CCN1CCN(C(=NNc2ccccc2)c2ccccc2F)CC1. The summed E-state index contributed by atoms with van der Waals surface area (Å²) in [6.45, 7) is 5.66. The first-order valence-electron chi connectivity index (χ1n) is 12.2. The summed E-state index contributed by atoms with van der Waals surface area (Å²) < 4.78 is 16.3. The van der Waals surface area contributed by atoms with Crippen molar-refractivity contribution >= 4 is 17.2 Å². The molecule has 0 saturated carbocycles. The van der Waals surface area contributed by atoms with E-state index >= 15 is 0 Å². The molecular weight excluding hydrogens is 455 g/mol. The lowest BCUT2D eigenvalue weighted by Gasteiger charge is -2.36. The number of rotatable bonds is 6. The van der Waals surface area contributed by atoms with Gasteiger partial charge in [0.25, 0.3) is 5.56 Å². The van der Waals surface area contributed by atoms with E-state index in [1.807, 2.05) is 61.5 Å². The molecule has 184 valence electrons. The number of halogens is 1. The lowest BCUT2D eigenvalue weighted by atomic mass is 10.1. The maximum atomic E-state index is 14.7. The molecule has 0 spiro atoms. The van der Waals surface area contributed by atoms with Gasteiger partial charge in [0, 0.05) is 50.2 Å². The molecule has 0 atom stereocenters. The Bertz CT molecular complexity index is 1430. The number of hydrazone groups is 1. The highest BCUT2D eigenvalue weighted by Gasteiger charge is 2.23. The zero-order valence-corrected chi connectivity index (χ0v) is 20.3. The molecule has 8 heteroatoms. The summed E-state index contributed by atoms with van der Waals surface area (Å²) >= 11 is 0. The van der Waals surface area contributed by atoms with Crippen LogP contribution in [-0.4, -0.2) is 57.7 Å². The van der Waals surface area contributed by atoms with Gasteiger partial charge < -0.3 is 4.90 Å². The van der Waals surface area contributed by atoms with Gasteiger partial charge >= 0.3 is 0 Å². The van der Waals surface area contributed by atoms with Crippen molar-refractivity contribution in [2.45, 2.75) is 13.3 Å². The van der Waals surface area contributed by atoms with Gasteiger partial charge in [-0.25, -0.2) is 9.37 Å². The number of hydrogen-bond acceptors (Lipinski definition) is 5. The smallest absolute Gasteiger partial charge is 0.261 e. The first-order valence-corrected chi connectivity index (χ1v) is 12.2. The lowest BCUT2D eigenvalue weighted by Crippen LogP contribution is -2.49. The Morgan fingerprint density at radius 1 is 0.972 bits per heavy atom. The van der Waals surface area contributed by atoms with Crippen molar-refractivity contribution in [2.75, 3.05) is 38.1 Å². The zero-order chi connectivity index (χ0) is 24.9. The Hall–Kier alpha value is -4.04. The van der Waals surface area contributed by atoms with E-state index in [0.717, 1.165) is 36.6 Å². The minimum absolute atomic E-state index is 0.00213. The van der Waals surface area contributed by atoms with Crippen molar-refractivity contribution < 1.29 is 4.39 Å². The molecular formula is C28H29FN6O. The van der Waals surface area contributed by atoms with Crippen molar-refractivity contribution in [3.63, 3.8) is 0 Å². The molecule has 1 N–H and O–H groups in total. The quantitative estimate of drug-likeness (QED) is 0.256. The number of fused-ring (bicyclic) bond motifs is 1. The molecule has 1 fully saturated rings. The van der Waals surface area contributed by atoms with Gasteiger partial charge in [-0.15, -0.1) is 0 Å². The topological polar surface area (TPSA) is 65.2 Å². The molecule has 1 aliphatic rings. The third-order valence-corrected chi connectivity index (χ3v) is 6.56. The van der Waals surface area contributed by atoms with Crippen molar-refractivity contribution in [1.82, 2.24) is 19.2 Å². The molecule has 5 rings (SSSR count). The van der Waals surface area contributed by atoms with Crippen LogP contribution in [-0.2, 0) is 6.42 Å². The molecule has 3 heterocycles. The minimum atomic E-state index is -0.298. The first kappa shape index (κ1) is 23.7. The number of nitrogens with zero attached hydrogens (tertiary/aromatic N) is 5. The molecule has 2 aromatic heterocycles. The molecule has 0 aliphatic carbocycles. The maximum Gasteiger partial charge on any atom is 0.261 e. The first-order chi connectivity index (χ1) is 17.6. The van der Waals surface area contributed by atoms with E-state index in [9.17, 15) is 9.18 Å². The third-order valence-electron chi connectivity index (χ3n) is 6.56. The number of amidine groups is 1. The fraction of sp³-hybridized carbons (Fsp3) is 0.250. The maximum absolute atomic E-state index is 14.7. The van der Waals surface area contributed by atoms with Crippen molar-refractivity contribution in [3.8, 4) is 0 Å². The Kier molecular flexibility index (Phi) is 7.04. The van der Waals surface area contributed by atoms with Crippen molar-refractivity contribution in [1.29, 1.82) is 0 Å². The summed E-state index contributed by atoms with van der Waals surface area (Å²) in [5.74, 6) is 0.290. The molecule has 2 aromatic carbocycles. The van der Waals surface area contributed by atoms with Crippen LogP contribution in [0.5, 0.6) is 0 Å². The van der Waals surface area contributed by atoms with E-state index in [-0.39, 0.29) is 11.4 Å². The normalized spacial score (nSPS) is 14.8. The van der Waals surface area contributed by atoms with Crippen LogP contribution >= 0.6 is 0 Å². The number of anilines is 1. The van der Waals surface area contributed by atoms with Crippen molar-refractivity contribution in [2.24, 2.45) is 5.10 Å². The number of aromatic nitrogens is 2. The van der Waals surface area contributed by atoms with E-state index in [1.54, 1.807) is 22.7 Å². The van der Waals surface area contributed by atoms with E-state index < -0.39 is 0 Å². The second-order valence-corrected chi connectivity index (χ2v) is 8.88. The van der Waals surface area contributed by atoms with E-state index in [0.29, 0.717) is 36.6 Å². The average molecular weight is 485 g/mol. The van der Waals surface area contributed by atoms with Gasteiger partial charge in [-0.1, -0.05) is 36.4 Å². The van der Waals surface area contributed by atoms with Crippen LogP contribution in [0.4, 0.5) is 10.1 Å². The van der Waals surface area contributed by atoms with Gasteiger partial charge in [0.05, 0.1) is 11.3 Å². The zero-order valence-electron chi connectivity index (χ0n) is 20.3. The van der Waals surface area contributed by atoms with Crippen LogP contribution in [0, 0.1) is 12.7 Å². The highest BCUT2D eigenvalue weighted by molar-refractivity contribution is 5.99. The lowest BCUT2D eigenvalue weighted by molar-refractivity contribution is 0.183. The van der Waals surface area contributed by atoms with E-state index in [4.69, 9.17) is 0 Å². The predicted octanol–water partition coefficient (Wildman–Crippen LogP) is 3.78. The van der Waals surface area contributed by atoms with Crippen LogP contribution < -0.4 is 11.0 Å². The fourth-order valence-corrected chi connectivity index (χ4v) is 4.55. The molecule has 1 aliphatic heterocycles. The largest absolute Gasteiger partial charge is 0.352 e. The van der Waals surface area contributed by atoms with Crippen LogP contribution in [0.1, 0.15) is 16.8 Å². The molecule has 0 unspecified atom stereocenters. The molecule has 1 saturated heterocycles. The molecule has 0 bridgehead atoms. The van der Waals surface area contributed by atoms with Gasteiger partial charge in [0.1, 0.15) is 11.5 Å². The molecule has 4 aromatic rings. The van der Waals surface area contributed by atoms with Gasteiger partial charge in [0.15, 0.2) is 5.84 Å². The minimum Gasteiger partial charge on any atom is -0.352 e. The summed E-state index contributed by atoms with van der Waals surface area (Å²) in [6.07, 6.45) is 2.40. The Morgan fingerprint density at radius 2 is 1.69 bits per heavy atom. The number of para-hydroxylation sites is 1. The molecule has 36 heavy (non-hydrogen) atoms. The number of aryl methyl sites for hydroxylation is 1. The third kappa shape index (κ3) is 5.13. The number of pyridine rings is 1. The predicted molar refractivity (Wildman–Crippen MR) is 141 cm³/mol. The molecule has 0 radical (unpaired) electrons. The fourth-order valence-electron chi connectivity index (χ4n) is 4.55. The summed E-state index contributed by atoms with van der Waals surface area (Å²) in [5, 5.41) is 4.60. The van der Waals surface area contributed by atoms with Gasteiger partial charge in [-0.2, -0.15) is 5.10 Å². The van der Waals surface area contributed by atoms with E-state index in [2.05, 4.69) is 25.3 Å². The second-order valence-electron chi connectivity index (χ2n) is 8.88. The van der Waals surface area contributed by atoms with Crippen LogP contribution in [0.15, 0.2) is 88.9 Å².